The Labute approximate surface area is 101 Å². The number of nitrogens with one attached hydrogen (secondary N) is 2. The van der Waals surface area contributed by atoms with Crippen LogP contribution in [0, 0.1) is 0 Å². The van der Waals surface area contributed by atoms with Gasteiger partial charge in [0.15, 0.2) is 0 Å². The summed E-state index contributed by atoms with van der Waals surface area (Å²) in [5.74, 6) is 0.0910. The molecule has 0 heterocycles. The summed E-state index contributed by atoms with van der Waals surface area (Å²) in [4.78, 5) is 10.9. The van der Waals surface area contributed by atoms with Crippen LogP contribution in [0.1, 0.15) is 18.4 Å². The Morgan fingerprint density at radius 1 is 1.31 bits per heavy atom. The first-order valence-corrected chi connectivity index (χ1v) is 5.76. The molecule has 0 bridgehead atoms. The van der Waals surface area contributed by atoms with Crippen molar-refractivity contribution >= 4 is 17.5 Å². The fraction of sp³-hybridized carbons (Fsp3) is 0.417. The SMILES string of the molecule is CNC(=O)CCCNCc1ccc(Cl)cc1. The largest absolute Gasteiger partial charge is 0.359 e. The van der Waals surface area contributed by atoms with Crippen molar-refractivity contribution in [2.75, 3.05) is 13.6 Å². The Morgan fingerprint density at radius 2 is 2.00 bits per heavy atom. The molecule has 0 saturated heterocycles. The van der Waals surface area contributed by atoms with E-state index in [-0.39, 0.29) is 5.91 Å². The third kappa shape index (κ3) is 5.14. The fourth-order valence-electron chi connectivity index (χ4n) is 1.33. The normalized spacial score (nSPS) is 10.1. The Hall–Kier alpha value is -1.06. The molecule has 0 fully saturated rings. The average Bonchev–Trinajstić information content (AvgIpc) is 2.31. The molecule has 0 spiro atoms. The van der Waals surface area contributed by atoms with Crippen molar-refractivity contribution in [3.05, 3.63) is 34.9 Å². The molecule has 2 N–H and O–H groups in total. The predicted molar refractivity (Wildman–Crippen MR) is 66.5 cm³/mol. The molecule has 0 unspecified atom stereocenters. The molecule has 0 aliphatic rings. The molecule has 1 amide bonds. The van der Waals surface area contributed by atoms with Crippen molar-refractivity contribution in [2.24, 2.45) is 0 Å². The molecule has 0 saturated carbocycles. The molecule has 1 aromatic rings. The number of benzene rings is 1. The molecular weight excluding hydrogens is 224 g/mol. The first-order valence-electron chi connectivity index (χ1n) is 5.38. The zero-order valence-electron chi connectivity index (χ0n) is 9.42. The van der Waals surface area contributed by atoms with Crippen LogP contribution in [0.25, 0.3) is 0 Å². The molecule has 0 radical (unpaired) electrons. The maximum absolute atomic E-state index is 10.9. The van der Waals surface area contributed by atoms with E-state index in [9.17, 15) is 4.79 Å². The number of rotatable bonds is 6. The molecule has 0 atom stereocenters. The highest BCUT2D eigenvalue weighted by molar-refractivity contribution is 6.30. The summed E-state index contributed by atoms with van der Waals surface area (Å²) < 4.78 is 0. The Morgan fingerprint density at radius 3 is 2.62 bits per heavy atom. The van der Waals surface area contributed by atoms with E-state index < -0.39 is 0 Å². The lowest BCUT2D eigenvalue weighted by Crippen LogP contribution is -2.20. The Kier molecular flexibility index (Phi) is 5.90. The molecule has 3 nitrogen and oxygen atoms in total. The van der Waals surface area contributed by atoms with Gasteiger partial charge in [-0.1, -0.05) is 23.7 Å². The third-order valence-corrected chi connectivity index (χ3v) is 2.53. The van der Waals surface area contributed by atoms with E-state index in [1.807, 2.05) is 24.3 Å². The van der Waals surface area contributed by atoms with E-state index in [2.05, 4.69) is 10.6 Å². The van der Waals surface area contributed by atoms with Crippen molar-refractivity contribution in [3.63, 3.8) is 0 Å². The predicted octanol–water partition coefficient (Wildman–Crippen LogP) is 1.96. The monoisotopic (exact) mass is 240 g/mol. The van der Waals surface area contributed by atoms with Gasteiger partial charge in [-0.25, -0.2) is 0 Å². The van der Waals surface area contributed by atoms with Gasteiger partial charge in [-0.3, -0.25) is 4.79 Å². The lowest BCUT2D eigenvalue weighted by molar-refractivity contribution is -0.120. The van der Waals surface area contributed by atoms with Gasteiger partial charge in [-0.2, -0.15) is 0 Å². The minimum atomic E-state index is 0.0910. The van der Waals surface area contributed by atoms with Crippen LogP contribution < -0.4 is 10.6 Å². The highest BCUT2D eigenvalue weighted by Gasteiger charge is 1.97. The van der Waals surface area contributed by atoms with E-state index in [1.165, 1.54) is 5.56 Å². The van der Waals surface area contributed by atoms with Gasteiger partial charge in [0.25, 0.3) is 0 Å². The van der Waals surface area contributed by atoms with Gasteiger partial charge in [0.05, 0.1) is 0 Å². The molecule has 0 aromatic heterocycles. The minimum Gasteiger partial charge on any atom is -0.359 e. The van der Waals surface area contributed by atoms with Gasteiger partial charge in [0, 0.05) is 25.0 Å². The van der Waals surface area contributed by atoms with Gasteiger partial charge in [-0.15, -0.1) is 0 Å². The second-order valence-electron chi connectivity index (χ2n) is 3.58. The van der Waals surface area contributed by atoms with Crippen LogP contribution in [-0.2, 0) is 11.3 Å². The molecule has 16 heavy (non-hydrogen) atoms. The lowest BCUT2D eigenvalue weighted by Gasteiger charge is -2.04. The van der Waals surface area contributed by atoms with E-state index in [1.54, 1.807) is 7.05 Å². The Balaban J connectivity index is 2.11. The maximum atomic E-state index is 10.9. The smallest absolute Gasteiger partial charge is 0.219 e. The van der Waals surface area contributed by atoms with Crippen LogP contribution in [0.2, 0.25) is 5.02 Å². The average molecular weight is 241 g/mol. The maximum Gasteiger partial charge on any atom is 0.219 e. The zero-order chi connectivity index (χ0) is 11.8. The van der Waals surface area contributed by atoms with Gasteiger partial charge < -0.3 is 10.6 Å². The molecule has 1 aromatic carbocycles. The second kappa shape index (κ2) is 7.25. The highest BCUT2D eigenvalue weighted by Crippen LogP contribution is 2.08. The van der Waals surface area contributed by atoms with Crippen molar-refractivity contribution in [2.45, 2.75) is 19.4 Å². The highest BCUT2D eigenvalue weighted by atomic mass is 35.5. The summed E-state index contributed by atoms with van der Waals surface area (Å²) in [7, 11) is 1.66. The summed E-state index contributed by atoms with van der Waals surface area (Å²) in [6.45, 7) is 1.65. The van der Waals surface area contributed by atoms with Gasteiger partial charge in [0.1, 0.15) is 0 Å². The van der Waals surface area contributed by atoms with E-state index in [0.717, 1.165) is 24.5 Å². The van der Waals surface area contributed by atoms with E-state index >= 15 is 0 Å². The second-order valence-corrected chi connectivity index (χ2v) is 4.02. The minimum absolute atomic E-state index is 0.0910. The molecule has 0 aliphatic heterocycles. The number of carbonyl (C=O) groups excluding carboxylic acids is 1. The van der Waals surface area contributed by atoms with Crippen LogP contribution in [0.4, 0.5) is 0 Å². The first kappa shape index (κ1) is 13.0. The standard InChI is InChI=1S/C12H17ClN2O/c1-14-12(16)3-2-8-15-9-10-4-6-11(13)7-5-10/h4-7,15H,2-3,8-9H2,1H3,(H,14,16). The van der Waals surface area contributed by atoms with Crippen LogP contribution in [0.3, 0.4) is 0 Å². The lowest BCUT2D eigenvalue weighted by atomic mass is 10.2. The van der Waals surface area contributed by atoms with Gasteiger partial charge >= 0.3 is 0 Å². The van der Waals surface area contributed by atoms with E-state index in [0.29, 0.717) is 6.42 Å². The van der Waals surface area contributed by atoms with Crippen molar-refractivity contribution in [1.82, 2.24) is 10.6 Å². The molecule has 1 rings (SSSR count). The zero-order valence-corrected chi connectivity index (χ0v) is 10.2. The van der Waals surface area contributed by atoms with Gasteiger partial charge in [0.2, 0.25) is 5.91 Å². The van der Waals surface area contributed by atoms with Crippen LogP contribution in [0.15, 0.2) is 24.3 Å². The van der Waals surface area contributed by atoms with Crippen molar-refractivity contribution in [3.8, 4) is 0 Å². The fourth-order valence-corrected chi connectivity index (χ4v) is 1.46. The number of amides is 1. The van der Waals surface area contributed by atoms with Crippen LogP contribution >= 0.6 is 11.6 Å². The van der Waals surface area contributed by atoms with Crippen LogP contribution in [0.5, 0.6) is 0 Å². The topological polar surface area (TPSA) is 41.1 Å². The first-order chi connectivity index (χ1) is 7.72. The van der Waals surface area contributed by atoms with E-state index in [4.69, 9.17) is 11.6 Å². The summed E-state index contributed by atoms with van der Waals surface area (Å²) in [5, 5.41) is 6.63. The summed E-state index contributed by atoms with van der Waals surface area (Å²) >= 11 is 5.78. The molecular formula is C12H17ClN2O. The number of halogens is 1. The van der Waals surface area contributed by atoms with Crippen molar-refractivity contribution < 1.29 is 4.79 Å². The third-order valence-electron chi connectivity index (χ3n) is 2.28. The van der Waals surface area contributed by atoms with Gasteiger partial charge in [-0.05, 0) is 30.7 Å². The summed E-state index contributed by atoms with van der Waals surface area (Å²) in [5.41, 5.74) is 1.20. The quantitative estimate of drug-likeness (QED) is 0.747. The molecule has 0 aliphatic carbocycles. The van der Waals surface area contributed by atoms with Crippen molar-refractivity contribution in [1.29, 1.82) is 0 Å². The number of hydrogen-bond donors (Lipinski definition) is 2. The Bertz CT molecular complexity index is 324. The summed E-state index contributed by atoms with van der Waals surface area (Å²) in [6, 6.07) is 7.74. The summed E-state index contributed by atoms with van der Waals surface area (Å²) in [6.07, 6.45) is 1.43. The number of hydrogen-bond acceptors (Lipinski definition) is 2. The molecule has 4 heteroatoms. The molecule has 88 valence electrons. The number of carbonyl (C=O) groups is 1. The van der Waals surface area contributed by atoms with Crippen LogP contribution in [-0.4, -0.2) is 19.5 Å².